The van der Waals surface area contributed by atoms with Gasteiger partial charge < -0.3 is 0 Å². The predicted octanol–water partition coefficient (Wildman–Crippen LogP) is 5.61. The molecule has 1 rings (SSSR count). The molecule has 0 radical (unpaired) electrons. The molecule has 1 fully saturated rings. The molecule has 1 saturated heterocycles. The van der Waals surface area contributed by atoms with Crippen LogP contribution in [0.5, 0.6) is 0 Å². The van der Waals surface area contributed by atoms with E-state index in [0.29, 0.717) is 0 Å². The second-order valence-electron chi connectivity index (χ2n) is 5.88. The van der Waals surface area contributed by atoms with Crippen molar-refractivity contribution in [3.8, 4) is 0 Å². The van der Waals surface area contributed by atoms with Crippen molar-refractivity contribution in [1.29, 1.82) is 0 Å². The third kappa shape index (κ3) is 2.70. The van der Waals surface area contributed by atoms with Gasteiger partial charge in [-0.05, 0) is 55.4 Å². The number of thioether (sulfide) groups is 2. The van der Waals surface area contributed by atoms with Gasteiger partial charge in [0.05, 0.1) is 0 Å². The van der Waals surface area contributed by atoms with Gasteiger partial charge in [-0.1, -0.05) is 11.1 Å². The molecule has 1 heterocycles. The minimum Gasteiger partial charge on any atom is -0.118 e. The van der Waals surface area contributed by atoms with Gasteiger partial charge in [-0.3, -0.25) is 0 Å². The molecule has 2 heteroatoms. The van der Waals surface area contributed by atoms with E-state index in [4.69, 9.17) is 0 Å². The minimum absolute atomic E-state index is 0.228. The maximum absolute atomic E-state index is 2.34. The molecule has 0 spiro atoms. The van der Waals surface area contributed by atoms with Crippen LogP contribution in [-0.4, -0.2) is 9.49 Å². The van der Waals surface area contributed by atoms with E-state index in [-0.39, 0.29) is 9.49 Å². The molecule has 1 aliphatic heterocycles. The molecule has 0 bridgehead atoms. The van der Waals surface area contributed by atoms with E-state index in [1.165, 1.54) is 11.1 Å². The first-order chi connectivity index (χ1) is 7.08. The van der Waals surface area contributed by atoms with E-state index < -0.39 is 0 Å². The highest BCUT2D eigenvalue weighted by molar-refractivity contribution is 8.13. The molecule has 0 aromatic heterocycles. The fourth-order valence-corrected chi connectivity index (χ4v) is 5.27. The van der Waals surface area contributed by atoms with Crippen LogP contribution in [0.25, 0.3) is 0 Å². The Hall–Kier alpha value is 0.180. The Labute approximate surface area is 109 Å². The molecule has 0 amide bonds. The van der Waals surface area contributed by atoms with Gasteiger partial charge in [-0.2, -0.15) is 0 Å². The third-order valence-corrected chi connectivity index (χ3v) is 6.65. The van der Waals surface area contributed by atoms with Crippen LogP contribution in [0.4, 0.5) is 0 Å². The number of hydrogen-bond acceptors (Lipinski definition) is 2. The van der Waals surface area contributed by atoms with Gasteiger partial charge in [0.15, 0.2) is 0 Å². The van der Waals surface area contributed by atoms with Gasteiger partial charge in [0.25, 0.3) is 0 Å². The maximum Gasteiger partial charge on any atom is 0.0455 e. The molecule has 0 saturated carbocycles. The van der Waals surface area contributed by atoms with Gasteiger partial charge in [0.1, 0.15) is 0 Å². The van der Waals surface area contributed by atoms with E-state index in [1.54, 1.807) is 9.81 Å². The van der Waals surface area contributed by atoms with Gasteiger partial charge in [0, 0.05) is 19.3 Å². The molecule has 0 N–H and O–H groups in total. The summed E-state index contributed by atoms with van der Waals surface area (Å²) in [6, 6.07) is 0. The average molecular weight is 256 g/mol. The summed E-state index contributed by atoms with van der Waals surface area (Å²) in [5.74, 6) is 0. The summed E-state index contributed by atoms with van der Waals surface area (Å²) < 4.78 is 0.456. The van der Waals surface area contributed by atoms with Crippen molar-refractivity contribution in [3.63, 3.8) is 0 Å². The largest absolute Gasteiger partial charge is 0.118 e. The van der Waals surface area contributed by atoms with Crippen LogP contribution in [0.15, 0.2) is 21.0 Å². The number of rotatable bonds is 0. The lowest BCUT2D eigenvalue weighted by molar-refractivity contribution is 0.812. The van der Waals surface area contributed by atoms with Crippen LogP contribution in [0.1, 0.15) is 55.4 Å². The highest BCUT2D eigenvalue weighted by atomic mass is 32.2. The molecule has 92 valence electrons. The predicted molar refractivity (Wildman–Crippen MR) is 80.1 cm³/mol. The fraction of sp³-hybridized carbons (Fsp3) is 0.714. The molecule has 0 aliphatic carbocycles. The van der Waals surface area contributed by atoms with Crippen molar-refractivity contribution >= 4 is 23.5 Å². The van der Waals surface area contributed by atoms with Gasteiger partial charge >= 0.3 is 0 Å². The smallest absolute Gasteiger partial charge is 0.0455 e. The third-order valence-electron chi connectivity index (χ3n) is 2.72. The van der Waals surface area contributed by atoms with Gasteiger partial charge in [-0.15, -0.1) is 23.5 Å². The van der Waals surface area contributed by atoms with Crippen molar-refractivity contribution in [2.24, 2.45) is 0 Å². The van der Waals surface area contributed by atoms with E-state index in [1.807, 2.05) is 23.5 Å². The first-order valence-corrected chi connectivity index (χ1v) is 7.45. The summed E-state index contributed by atoms with van der Waals surface area (Å²) in [5.41, 5.74) is 2.92. The van der Waals surface area contributed by atoms with Crippen molar-refractivity contribution in [2.75, 3.05) is 0 Å². The number of allylic oxidation sites excluding steroid dienone is 2. The summed E-state index contributed by atoms with van der Waals surface area (Å²) >= 11 is 4.08. The van der Waals surface area contributed by atoms with Crippen LogP contribution in [0, 0.1) is 0 Å². The Morgan fingerprint density at radius 3 is 1.12 bits per heavy atom. The highest BCUT2D eigenvalue weighted by Crippen LogP contribution is 2.59. The maximum atomic E-state index is 2.34. The SMILES string of the molecule is CC(C)=C1SC(C)(C)C(=C(C)C)SC1(C)C. The summed E-state index contributed by atoms with van der Waals surface area (Å²) in [6.45, 7) is 18.3. The lowest BCUT2D eigenvalue weighted by atomic mass is 10.1. The molecule has 0 aromatic carbocycles. The van der Waals surface area contributed by atoms with Gasteiger partial charge in [-0.25, -0.2) is 0 Å². The molecule has 0 atom stereocenters. The molecule has 0 aromatic rings. The molecule has 16 heavy (non-hydrogen) atoms. The van der Waals surface area contributed by atoms with E-state index in [2.05, 4.69) is 55.4 Å². The zero-order chi connectivity index (χ0) is 12.7. The zero-order valence-electron chi connectivity index (χ0n) is 11.8. The lowest BCUT2D eigenvalue weighted by Crippen LogP contribution is -2.32. The van der Waals surface area contributed by atoms with Gasteiger partial charge in [0.2, 0.25) is 0 Å². The average Bonchev–Trinajstić information content (AvgIpc) is 2.08. The first kappa shape index (κ1) is 14.2. The summed E-state index contributed by atoms with van der Waals surface area (Å²) in [5, 5.41) is 0. The highest BCUT2D eigenvalue weighted by Gasteiger charge is 2.41. The normalized spacial score (nSPS) is 23.2. The Morgan fingerprint density at radius 2 is 0.938 bits per heavy atom. The molecular weight excluding hydrogens is 232 g/mol. The Bertz CT molecular complexity index is 313. The summed E-state index contributed by atoms with van der Waals surface area (Å²) in [6.07, 6.45) is 0. The second kappa shape index (κ2) is 4.45. The van der Waals surface area contributed by atoms with E-state index in [9.17, 15) is 0 Å². The van der Waals surface area contributed by atoms with Crippen molar-refractivity contribution < 1.29 is 0 Å². The second-order valence-corrected chi connectivity index (χ2v) is 9.15. The van der Waals surface area contributed by atoms with Crippen LogP contribution in [0.2, 0.25) is 0 Å². The van der Waals surface area contributed by atoms with E-state index in [0.717, 1.165) is 0 Å². The lowest BCUT2D eigenvalue weighted by Gasteiger charge is -2.44. The molecule has 0 unspecified atom stereocenters. The van der Waals surface area contributed by atoms with Crippen molar-refractivity contribution in [1.82, 2.24) is 0 Å². The molecule has 0 nitrogen and oxygen atoms in total. The quantitative estimate of drug-likeness (QED) is 0.552. The Kier molecular flexibility index (Phi) is 3.96. The number of hydrogen-bond donors (Lipinski definition) is 0. The summed E-state index contributed by atoms with van der Waals surface area (Å²) in [4.78, 5) is 3.10. The standard InChI is InChI=1S/C14H24S2/c1-9(2)11-13(5,6)16-12(10(3)4)14(7,8)15-11/h1-8H3. The van der Waals surface area contributed by atoms with Crippen molar-refractivity contribution in [3.05, 3.63) is 21.0 Å². The van der Waals surface area contributed by atoms with Crippen LogP contribution in [0.3, 0.4) is 0 Å². The first-order valence-electron chi connectivity index (χ1n) is 5.82. The molecule has 1 aliphatic rings. The van der Waals surface area contributed by atoms with Crippen molar-refractivity contribution in [2.45, 2.75) is 64.9 Å². The fourth-order valence-electron chi connectivity index (χ4n) is 2.26. The van der Waals surface area contributed by atoms with Crippen LogP contribution < -0.4 is 0 Å². The minimum atomic E-state index is 0.228. The van der Waals surface area contributed by atoms with Crippen LogP contribution in [-0.2, 0) is 0 Å². The molecular formula is C14H24S2. The Morgan fingerprint density at radius 1 is 0.688 bits per heavy atom. The zero-order valence-corrected chi connectivity index (χ0v) is 13.4. The summed E-state index contributed by atoms with van der Waals surface area (Å²) in [7, 11) is 0. The van der Waals surface area contributed by atoms with E-state index >= 15 is 0 Å². The topological polar surface area (TPSA) is 0 Å². The van der Waals surface area contributed by atoms with Crippen LogP contribution >= 0.6 is 23.5 Å². The monoisotopic (exact) mass is 256 g/mol. The Balaban J connectivity index is 3.26.